The number of hydrogen-bond acceptors (Lipinski definition) is 5. The first-order valence-corrected chi connectivity index (χ1v) is 7.22. The van der Waals surface area contributed by atoms with Gasteiger partial charge >= 0.3 is 0 Å². The zero-order valence-electron chi connectivity index (χ0n) is 11.8. The van der Waals surface area contributed by atoms with Crippen LogP contribution in [0.5, 0.6) is 0 Å². The van der Waals surface area contributed by atoms with Crippen LogP contribution in [-0.4, -0.2) is 45.7 Å². The van der Waals surface area contributed by atoms with E-state index in [-0.39, 0.29) is 6.61 Å². The van der Waals surface area contributed by atoms with E-state index in [0.717, 1.165) is 36.7 Å². The molecule has 1 aliphatic rings. The maximum absolute atomic E-state index is 9.04. The van der Waals surface area contributed by atoms with E-state index >= 15 is 0 Å². The highest BCUT2D eigenvalue weighted by Crippen LogP contribution is 2.30. The first-order valence-electron chi connectivity index (χ1n) is 7.22. The number of aliphatic hydroxyl groups excluding tert-OH is 1. The van der Waals surface area contributed by atoms with Crippen LogP contribution in [0, 0.1) is 0 Å². The molecule has 2 aromatic rings. The lowest BCUT2D eigenvalue weighted by Crippen LogP contribution is -2.30. The largest absolute Gasteiger partial charge is 0.396 e. The summed E-state index contributed by atoms with van der Waals surface area (Å²) in [5.41, 5.74) is 0.903. The minimum atomic E-state index is 0.257. The summed E-state index contributed by atoms with van der Waals surface area (Å²) in [6.07, 6.45) is 9.89. The highest BCUT2D eigenvalue weighted by Gasteiger charge is 2.27. The lowest BCUT2D eigenvalue weighted by molar-refractivity contribution is 0.279. The lowest BCUT2D eigenvalue weighted by Gasteiger charge is -2.26. The molecular weight excluding hydrogens is 254 g/mol. The Kier molecular flexibility index (Phi) is 3.73. The molecule has 1 atom stereocenters. The molecule has 0 aromatic carbocycles. The molecule has 1 fully saturated rings. The van der Waals surface area contributed by atoms with Crippen LogP contribution in [0.4, 0.5) is 11.6 Å². The topological polar surface area (TPSA) is 65.7 Å². The van der Waals surface area contributed by atoms with E-state index in [9.17, 15) is 0 Å². The first kappa shape index (κ1) is 13.2. The molecule has 0 aliphatic carbocycles. The predicted molar refractivity (Wildman–Crippen MR) is 79.2 cm³/mol. The van der Waals surface area contributed by atoms with Crippen molar-refractivity contribution in [2.75, 3.05) is 30.4 Å². The van der Waals surface area contributed by atoms with Gasteiger partial charge in [-0.15, -0.1) is 0 Å². The molecule has 20 heavy (non-hydrogen) atoms. The molecule has 3 rings (SSSR count). The van der Waals surface area contributed by atoms with Crippen molar-refractivity contribution in [1.82, 2.24) is 14.4 Å². The summed E-state index contributed by atoms with van der Waals surface area (Å²) in [6, 6.07) is 0.460. The number of aliphatic hydroxyl groups is 1. The van der Waals surface area contributed by atoms with Gasteiger partial charge in [-0.3, -0.25) is 0 Å². The molecule has 2 N–H and O–H groups in total. The normalized spacial score (nSPS) is 18.9. The third-order valence-electron chi connectivity index (χ3n) is 3.96. The van der Waals surface area contributed by atoms with E-state index in [1.54, 1.807) is 6.20 Å². The van der Waals surface area contributed by atoms with E-state index in [4.69, 9.17) is 10.1 Å². The smallest absolute Gasteiger partial charge is 0.180 e. The van der Waals surface area contributed by atoms with Gasteiger partial charge in [0, 0.05) is 38.6 Å². The summed E-state index contributed by atoms with van der Waals surface area (Å²) in [7, 11) is 1.88. The van der Waals surface area contributed by atoms with E-state index in [1.807, 2.05) is 23.8 Å². The summed E-state index contributed by atoms with van der Waals surface area (Å²) in [5.74, 6) is 1.79. The molecule has 6 heteroatoms. The number of rotatable bonds is 5. The molecule has 0 spiro atoms. The number of aromatic nitrogens is 3. The standard InChI is InChI=1S/C14H21N5O/c1-15-12-10-18-8-6-16-13(18)14(17-12)19-7-2-4-11(19)5-3-9-20/h6,8,10-11,15,20H,2-5,7,9H2,1H3. The van der Waals surface area contributed by atoms with Crippen molar-refractivity contribution in [3.63, 3.8) is 0 Å². The number of nitrogens with one attached hydrogen (secondary N) is 1. The van der Waals surface area contributed by atoms with E-state index < -0.39 is 0 Å². The highest BCUT2D eigenvalue weighted by molar-refractivity contribution is 5.67. The van der Waals surface area contributed by atoms with Gasteiger partial charge in [0.25, 0.3) is 0 Å². The zero-order chi connectivity index (χ0) is 13.9. The summed E-state index contributed by atoms with van der Waals surface area (Å²) < 4.78 is 2.01. The minimum absolute atomic E-state index is 0.257. The van der Waals surface area contributed by atoms with Crippen LogP contribution in [0.15, 0.2) is 18.6 Å². The predicted octanol–water partition coefficient (Wildman–Crippen LogP) is 1.51. The van der Waals surface area contributed by atoms with Crippen molar-refractivity contribution in [2.24, 2.45) is 0 Å². The Bertz CT molecular complexity index is 582. The molecule has 3 heterocycles. The Morgan fingerprint density at radius 3 is 3.20 bits per heavy atom. The monoisotopic (exact) mass is 275 g/mol. The van der Waals surface area contributed by atoms with Gasteiger partial charge in [-0.1, -0.05) is 0 Å². The SMILES string of the molecule is CNc1cn2ccnc2c(N2CCCC2CCCO)n1. The second-order valence-electron chi connectivity index (χ2n) is 5.21. The number of fused-ring (bicyclic) bond motifs is 1. The molecular formula is C14H21N5O. The second kappa shape index (κ2) is 5.66. The van der Waals surface area contributed by atoms with Crippen molar-refractivity contribution in [1.29, 1.82) is 0 Å². The van der Waals surface area contributed by atoms with Crippen LogP contribution in [0.2, 0.25) is 0 Å². The van der Waals surface area contributed by atoms with Crippen molar-refractivity contribution < 1.29 is 5.11 Å². The van der Waals surface area contributed by atoms with Gasteiger partial charge in [0.15, 0.2) is 11.5 Å². The number of hydrogen-bond donors (Lipinski definition) is 2. The van der Waals surface area contributed by atoms with Gasteiger partial charge in [-0.05, 0) is 25.7 Å². The first-order chi connectivity index (χ1) is 9.83. The Morgan fingerprint density at radius 1 is 1.50 bits per heavy atom. The summed E-state index contributed by atoms with van der Waals surface area (Å²) in [5, 5.41) is 12.1. The highest BCUT2D eigenvalue weighted by atomic mass is 16.2. The van der Waals surface area contributed by atoms with E-state index in [0.29, 0.717) is 6.04 Å². The fourth-order valence-electron chi connectivity index (χ4n) is 2.97. The third kappa shape index (κ3) is 2.31. The van der Waals surface area contributed by atoms with Crippen molar-refractivity contribution in [3.8, 4) is 0 Å². The third-order valence-corrected chi connectivity index (χ3v) is 3.96. The Labute approximate surface area is 118 Å². The minimum Gasteiger partial charge on any atom is -0.396 e. The average Bonchev–Trinajstić information content (AvgIpc) is 3.12. The van der Waals surface area contributed by atoms with Crippen molar-refractivity contribution in [3.05, 3.63) is 18.6 Å². The number of nitrogens with zero attached hydrogens (tertiary/aromatic N) is 4. The van der Waals surface area contributed by atoms with E-state index in [1.165, 1.54) is 12.8 Å². The fraction of sp³-hybridized carbons (Fsp3) is 0.571. The van der Waals surface area contributed by atoms with Crippen LogP contribution >= 0.6 is 0 Å². The maximum atomic E-state index is 9.04. The second-order valence-corrected chi connectivity index (χ2v) is 5.21. The Hall–Kier alpha value is -1.82. The molecule has 1 unspecified atom stereocenters. The molecule has 6 nitrogen and oxygen atoms in total. The number of imidazole rings is 1. The van der Waals surface area contributed by atoms with Crippen molar-refractivity contribution in [2.45, 2.75) is 31.7 Å². The van der Waals surface area contributed by atoms with Gasteiger partial charge in [-0.25, -0.2) is 9.97 Å². The average molecular weight is 275 g/mol. The quantitative estimate of drug-likeness (QED) is 0.866. The van der Waals surface area contributed by atoms with Gasteiger partial charge in [-0.2, -0.15) is 0 Å². The Morgan fingerprint density at radius 2 is 2.40 bits per heavy atom. The lowest BCUT2D eigenvalue weighted by atomic mass is 10.1. The summed E-state index contributed by atoms with van der Waals surface area (Å²) in [4.78, 5) is 11.5. The van der Waals surface area contributed by atoms with Crippen LogP contribution in [0.1, 0.15) is 25.7 Å². The van der Waals surface area contributed by atoms with Crippen molar-refractivity contribution >= 4 is 17.3 Å². The molecule has 2 aromatic heterocycles. The molecule has 1 saturated heterocycles. The van der Waals surface area contributed by atoms with Crippen LogP contribution < -0.4 is 10.2 Å². The van der Waals surface area contributed by atoms with Gasteiger partial charge in [0.05, 0.1) is 6.20 Å². The molecule has 0 saturated carbocycles. The van der Waals surface area contributed by atoms with Gasteiger partial charge in [0.2, 0.25) is 0 Å². The number of anilines is 2. The summed E-state index contributed by atoms with van der Waals surface area (Å²) >= 11 is 0. The van der Waals surface area contributed by atoms with Crippen LogP contribution in [-0.2, 0) is 0 Å². The summed E-state index contributed by atoms with van der Waals surface area (Å²) in [6.45, 7) is 1.27. The zero-order valence-corrected chi connectivity index (χ0v) is 11.8. The molecule has 0 radical (unpaired) electrons. The van der Waals surface area contributed by atoms with E-state index in [2.05, 4.69) is 15.2 Å². The molecule has 108 valence electrons. The van der Waals surface area contributed by atoms with Gasteiger partial charge in [0.1, 0.15) is 5.82 Å². The van der Waals surface area contributed by atoms with Crippen LogP contribution in [0.3, 0.4) is 0 Å². The Balaban J connectivity index is 1.97. The van der Waals surface area contributed by atoms with Gasteiger partial charge < -0.3 is 19.7 Å². The molecule has 0 bridgehead atoms. The van der Waals surface area contributed by atoms with Crippen LogP contribution in [0.25, 0.3) is 5.65 Å². The fourth-order valence-corrected chi connectivity index (χ4v) is 2.97. The molecule has 0 amide bonds. The molecule has 1 aliphatic heterocycles. The maximum Gasteiger partial charge on any atom is 0.180 e.